The molecule has 6 heteroatoms. The molecule has 1 aromatic rings. The number of carbonyl (C=O) groups is 1. The summed E-state index contributed by atoms with van der Waals surface area (Å²) in [5.41, 5.74) is 4.75. The van der Waals surface area contributed by atoms with Crippen LogP contribution < -0.4 is 11.1 Å². The van der Waals surface area contributed by atoms with E-state index in [1.807, 2.05) is 0 Å². The minimum absolute atomic E-state index is 0.0716. The maximum absolute atomic E-state index is 11.7. The number of rotatable bonds is 3. The lowest BCUT2D eigenvalue weighted by atomic mass is 9.96. The van der Waals surface area contributed by atoms with Gasteiger partial charge < -0.3 is 15.6 Å². The lowest BCUT2D eigenvalue weighted by Gasteiger charge is -2.23. The fraction of sp³-hybridized carbons (Fsp3) is 0.500. The Balaban J connectivity index is 2.87. The van der Waals surface area contributed by atoms with Crippen molar-refractivity contribution >= 4 is 23.4 Å². The van der Waals surface area contributed by atoms with Gasteiger partial charge in [-0.3, -0.25) is 5.32 Å². The van der Waals surface area contributed by atoms with Crippen molar-refractivity contribution in [3.63, 3.8) is 0 Å². The molecule has 0 fully saturated rings. The zero-order valence-corrected chi connectivity index (χ0v) is 12.9. The number of amides is 1. The first-order chi connectivity index (χ1) is 9.05. The van der Waals surface area contributed by atoms with E-state index >= 15 is 0 Å². The molecule has 0 aliphatic carbocycles. The highest BCUT2D eigenvalue weighted by molar-refractivity contribution is 6.33. The number of carbonyl (C=O) groups excluding carboxylic acids is 1. The summed E-state index contributed by atoms with van der Waals surface area (Å²) >= 11 is 6.09. The van der Waals surface area contributed by atoms with Crippen LogP contribution in [-0.4, -0.2) is 23.3 Å². The second-order valence-electron chi connectivity index (χ2n) is 5.80. The summed E-state index contributed by atoms with van der Waals surface area (Å²) in [5, 5.41) is 12.9. The highest BCUT2D eigenvalue weighted by Gasteiger charge is 2.22. The molecule has 1 amide bonds. The molecule has 20 heavy (non-hydrogen) atoms. The first-order valence-corrected chi connectivity index (χ1v) is 6.65. The SMILES string of the molecule is CC(C)(C)OC(=O)Nc1ccc(C(C)(O)CN)cc1Cl. The Morgan fingerprint density at radius 3 is 2.45 bits per heavy atom. The third-order valence-electron chi connectivity index (χ3n) is 2.62. The van der Waals surface area contributed by atoms with Crippen LogP contribution >= 0.6 is 11.6 Å². The van der Waals surface area contributed by atoms with E-state index in [0.717, 1.165) is 0 Å². The summed E-state index contributed by atoms with van der Waals surface area (Å²) in [7, 11) is 0. The molecule has 112 valence electrons. The molecular formula is C14H21ClN2O3. The largest absolute Gasteiger partial charge is 0.444 e. The maximum atomic E-state index is 11.7. The van der Waals surface area contributed by atoms with Gasteiger partial charge in [-0.15, -0.1) is 0 Å². The summed E-state index contributed by atoms with van der Waals surface area (Å²) in [6.45, 7) is 6.99. The van der Waals surface area contributed by atoms with Crippen LogP contribution in [0.2, 0.25) is 5.02 Å². The number of aliphatic hydroxyl groups is 1. The first-order valence-electron chi connectivity index (χ1n) is 6.27. The van der Waals surface area contributed by atoms with Gasteiger partial charge in [-0.1, -0.05) is 17.7 Å². The Kier molecular flexibility index (Phi) is 5.02. The van der Waals surface area contributed by atoms with Crippen LogP contribution in [0.5, 0.6) is 0 Å². The van der Waals surface area contributed by atoms with E-state index in [1.165, 1.54) is 0 Å². The van der Waals surface area contributed by atoms with Crippen LogP contribution in [0.1, 0.15) is 33.3 Å². The quantitative estimate of drug-likeness (QED) is 0.801. The van der Waals surface area contributed by atoms with E-state index in [1.54, 1.807) is 45.9 Å². The van der Waals surface area contributed by atoms with Gasteiger partial charge in [-0.2, -0.15) is 0 Å². The fourth-order valence-corrected chi connectivity index (χ4v) is 1.71. The molecule has 1 unspecified atom stereocenters. The van der Waals surface area contributed by atoms with Crippen molar-refractivity contribution in [3.8, 4) is 0 Å². The molecule has 5 nitrogen and oxygen atoms in total. The Bertz CT molecular complexity index is 496. The summed E-state index contributed by atoms with van der Waals surface area (Å²) in [6, 6.07) is 4.83. The summed E-state index contributed by atoms with van der Waals surface area (Å²) in [4.78, 5) is 11.7. The molecule has 0 saturated carbocycles. The van der Waals surface area contributed by atoms with Crippen molar-refractivity contribution < 1.29 is 14.6 Å². The molecular weight excluding hydrogens is 280 g/mol. The van der Waals surface area contributed by atoms with Crippen LogP contribution in [-0.2, 0) is 10.3 Å². The van der Waals surface area contributed by atoms with E-state index in [4.69, 9.17) is 22.1 Å². The van der Waals surface area contributed by atoms with Gasteiger partial charge in [0.1, 0.15) is 5.60 Å². The lowest BCUT2D eigenvalue weighted by molar-refractivity contribution is 0.0636. The number of nitrogens with one attached hydrogen (secondary N) is 1. The topological polar surface area (TPSA) is 84.6 Å². The van der Waals surface area contributed by atoms with Crippen molar-refractivity contribution in [2.24, 2.45) is 5.73 Å². The van der Waals surface area contributed by atoms with Crippen molar-refractivity contribution in [2.75, 3.05) is 11.9 Å². The lowest BCUT2D eigenvalue weighted by Crippen LogP contribution is -2.31. The molecule has 1 aromatic carbocycles. The minimum atomic E-state index is -1.16. The predicted octanol–water partition coefficient (Wildman–Crippen LogP) is 2.85. The normalized spacial score (nSPS) is 14.6. The molecule has 4 N–H and O–H groups in total. The van der Waals surface area contributed by atoms with Gasteiger partial charge in [-0.05, 0) is 45.4 Å². The zero-order valence-electron chi connectivity index (χ0n) is 12.2. The number of nitrogens with two attached hydrogens (primary N) is 1. The minimum Gasteiger partial charge on any atom is -0.444 e. The molecule has 0 spiro atoms. The van der Waals surface area contributed by atoms with Gasteiger partial charge in [0.15, 0.2) is 0 Å². The summed E-state index contributed by atoms with van der Waals surface area (Å²) in [6.07, 6.45) is -0.585. The Hall–Kier alpha value is -1.30. The molecule has 0 saturated heterocycles. The number of halogens is 1. The van der Waals surface area contributed by atoms with Crippen molar-refractivity contribution in [1.29, 1.82) is 0 Å². The standard InChI is InChI=1S/C14H21ClN2O3/c1-13(2,3)20-12(18)17-11-6-5-9(7-10(11)15)14(4,19)8-16/h5-7,19H,8,16H2,1-4H3,(H,17,18). The highest BCUT2D eigenvalue weighted by atomic mass is 35.5. The summed E-state index contributed by atoms with van der Waals surface area (Å²) in [5.74, 6) is 0. The Morgan fingerprint density at radius 1 is 1.40 bits per heavy atom. The molecule has 0 aromatic heterocycles. The third kappa shape index (κ3) is 4.67. The average Bonchev–Trinajstić information content (AvgIpc) is 2.29. The number of hydrogen-bond acceptors (Lipinski definition) is 4. The number of hydrogen-bond donors (Lipinski definition) is 3. The van der Waals surface area contributed by atoms with Gasteiger partial charge in [0.05, 0.1) is 16.3 Å². The summed E-state index contributed by atoms with van der Waals surface area (Å²) < 4.78 is 5.14. The van der Waals surface area contributed by atoms with E-state index in [0.29, 0.717) is 16.3 Å². The molecule has 0 aliphatic rings. The van der Waals surface area contributed by atoms with Gasteiger partial charge >= 0.3 is 6.09 Å². The van der Waals surface area contributed by atoms with Crippen LogP contribution in [0, 0.1) is 0 Å². The van der Waals surface area contributed by atoms with Gasteiger partial charge in [0, 0.05) is 6.54 Å². The zero-order chi connectivity index (χ0) is 15.6. The van der Waals surface area contributed by atoms with Gasteiger partial charge in [0.25, 0.3) is 0 Å². The second-order valence-corrected chi connectivity index (χ2v) is 6.21. The van der Waals surface area contributed by atoms with E-state index in [9.17, 15) is 9.90 Å². The van der Waals surface area contributed by atoms with Crippen LogP contribution in [0.4, 0.5) is 10.5 Å². The molecule has 1 atom stereocenters. The maximum Gasteiger partial charge on any atom is 0.412 e. The van der Waals surface area contributed by atoms with Crippen molar-refractivity contribution in [1.82, 2.24) is 0 Å². The first kappa shape index (κ1) is 16.8. The second kappa shape index (κ2) is 5.99. The van der Waals surface area contributed by atoms with E-state index < -0.39 is 17.3 Å². The van der Waals surface area contributed by atoms with Crippen LogP contribution in [0.25, 0.3) is 0 Å². The van der Waals surface area contributed by atoms with Crippen molar-refractivity contribution in [2.45, 2.75) is 38.9 Å². The third-order valence-corrected chi connectivity index (χ3v) is 2.94. The van der Waals surface area contributed by atoms with Gasteiger partial charge in [0.2, 0.25) is 0 Å². The highest BCUT2D eigenvalue weighted by Crippen LogP contribution is 2.28. The molecule has 0 heterocycles. The smallest absolute Gasteiger partial charge is 0.412 e. The van der Waals surface area contributed by atoms with E-state index in [2.05, 4.69) is 5.32 Å². The molecule has 0 bridgehead atoms. The number of benzene rings is 1. The monoisotopic (exact) mass is 300 g/mol. The van der Waals surface area contributed by atoms with Crippen LogP contribution in [0.15, 0.2) is 18.2 Å². The molecule has 0 aliphatic heterocycles. The molecule has 0 radical (unpaired) electrons. The molecule has 1 rings (SSSR count). The van der Waals surface area contributed by atoms with Crippen LogP contribution in [0.3, 0.4) is 0 Å². The number of ether oxygens (including phenoxy) is 1. The van der Waals surface area contributed by atoms with E-state index in [-0.39, 0.29) is 6.54 Å². The Labute approximate surface area is 124 Å². The average molecular weight is 301 g/mol. The fourth-order valence-electron chi connectivity index (χ4n) is 1.48. The number of anilines is 1. The van der Waals surface area contributed by atoms with Gasteiger partial charge in [-0.25, -0.2) is 4.79 Å². The predicted molar refractivity (Wildman–Crippen MR) is 79.9 cm³/mol. The van der Waals surface area contributed by atoms with Crippen molar-refractivity contribution in [3.05, 3.63) is 28.8 Å². The Morgan fingerprint density at radius 2 is 2.00 bits per heavy atom.